The van der Waals surface area contributed by atoms with Gasteiger partial charge in [0.15, 0.2) is 0 Å². The van der Waals surface area contributed by atoms with E-state index in [9.17, 15) is 9.59 Å². The highest BCUT2D eigenvalue weighted by atomic mass is 32.1. The zero-order valence-electron chi connectivity index (χ0n) is 12.5. The lowest BCUT2D eigenvalue weighted by Gasteiger charge is -2.34. The molecular formula is C14H22N4O2S. The maximum Gasteiger partial charge on any atom is 0.236 e. The van der Waals surface area contributed by atoms with Crippen LogP contribution in [0.3, 0.4) is 0 Å². The number of carbonyl (C=O) groups is 2. The molecule has 2 amide bonds. The minimum Gasteiger partial charge on any atom is -0.352 e. The summed E-state index contributed by atoms with van der Waals surface area (Å²) >= 11 is 1.56. The van der Waals surface area contributed by atoms with Crippen LogP contribution in [0.4, 0.5) is 0 Å². The van der Waals surface area contributed by atoms with Gasteiger partial charge in [0.1, 0.15) is 0 Å². The van der Waals surface area contributed by atoms with Crippen molar-refractivity contribution in [3.8, 4) is 0 Å². The number of likely N-dealkylation sites (N-methyl/N-ethyl adjacent to an activating group) is 1. The van der Waals surface area contributed by atoms with E-state index in [2.05, 4.69) is 10.3 Å². The number of amides is 2. The number of likely N-dealkylation sites (tertiary alicyclic amines) is 1. The van der Waals surface area contributed by atoms with Gasteiger partial charge in [-0.3, -0.25) is 14.5 Å². The van der Waals surface area contributed by atoms with Crippen molar-refractivity contribution < 1.29 is 9.59 Å². The summed E-state index contributed by atoms with van der Waals surface area (Å²) in [6, 6.07) is 0.0871. The SMILES string of the molecule is CC(=O)NC1CCCN(C(=O)CN(C)Cc2cscn2)C1. The molecule has 2 heterocycles. The molecular weight excluding hydrogens is 288 g/mol. The first-order valence-corrected chi connectivity index (χ1v) is 8.09. The largest absolute Gasteiger partial charge is 0.352 e. The van der Waals surface area contributed by atoms with E-state index < -0.39 is 0 Å². The standard InChI is InChI=1S/C14H22N4O2S/c1-11(19)16-12-4-3-5-18(7-12)14(20)8-17(2)6-13-9-21-10-15-13/h9-10,12H,3-8H2,1-2H3,(H,16,19). The summed E-state index contributed by atoms with van der Waals surface area (Å²) < 4.78 is 0. The molecule has 1 atom stereocenters. The number of thiazole rings is 1. The second kappa shape index (κ2) is 7.51. The molecule has 0 radical (unpaired) electrons. The predicted octanol–water partition coefficient (Wildman–Crippen LogP) is 0.702. The molecule has 7 heteroatoms. The molecule has 0 spiro atoms. The molecule has 2 rings (SSSR count). The van der Waals surface area contributed by atoms with Gasteiger partial charge < -0.3 is 10.2 Å². The normalized spacial score (nSPS) is 18.8. The van der Waals surface area contributed by atoms with Gasteiger partial charge in [0, 0.05) is 38.0 Å². The minimum absolute atomic E-state index is 0.0325. The molecule has 1 saturated heterocycles. The highest BCUT2D eigenvalue weighted by molar-refractivity contribution is 7.07. The van der Waals surface area contributed by atoms with Crippen molar-refractivity contribution in [2.24, 2.45) is 0 Å². The van der Waals surface area contributed by atoms with Gasteiger partial charge in [-0.25, -0.2) is 4.98 Å². The third-order valence-electron chi connectivity index (χ3n) is 3.50. The van der Waals surface area contributed by atoms with Crippen molar-refractivity contribution in [1.82, 2.24) is 20.1 Å². The second-order valence-corrected chi connectivity index (χ2v) is 6.25. The van der Waals surface area contributed by atoms with E-state index in [-0.39, 0.29) is 17.9 Å². The molecule has 1 aromatic rings. The summed E-state index contributed by atoms with van der Waals surface area (Å²) in [6.07, 6.45) is 1.88. The van der Waals surface area contributed by atoms with Crippen molar-refractivity contribution in [2.45, 2.75) is 32.4 Å². The van der Waals surface area contributed by atoms with Crippen LogP contribution < -0.4 is 5.32 Å². The summed E-state index contributed by atoms with van der Waals surface area (Å²) in [4.78, 5) is 31.5. The molecule has 0 aromatic carbocycles. The number of hydrogen-bond donors (Lipinski definition) is 1. The first-order valence-electron chi connectivity index (χ1n) is 7.15. The van der Waals surface area contributed by atoms with Crippen LogP contribution in [0.2, 0.25) is 0 Å². The van der Waals surface area contributed by atoms with Crippen molar-refractivity contribution in [2.75, 3.05) is 26.7 Å². The molecule has 0 saturated carbocycles. The van der Waals surface area contributed by atoms with Crippen LogP contribution in [0.15, 0.2) is 10.9 Å². The van der Waals surface area contributed by atoms with Crippen LogP contribution in [0.1, 0.15) is 25.5 Å². The number of nitrogens with one attached hydrogen (secondary N) is 1. The summed E-state index contributed by atoms with van der Waals surface area (Å²) in [6.45, 7) is 3.97. The molecule has 116 valence electrons. The van der Waals surface area contributed by atoms with Crippen LogP contribution in [-0.4, -0.2) is 59.3 Å². The number of rotatable bonds is 5. The van der Waals surface area contributed by atoms with Crippen molar-refractivity contribution in [1.29, 1.82) is 0 Å². The monoisotopic (exact) mass is 310 g/mol. The van der Waals surface area contributed by atoms with Gasteiger partial charge in [0.05, 0.1) is 17.7 Å². The number of nitrogens with zero attached hydrogens (tertiary/aromatic N) is 3. The van der Waals surface area contributed by atoms with Gasteiger partial charge in [0.2, 0.25) is 11.8 Å². The average molecular weight is 310 g/mol. The zero-order chi connectivity index (χ0) is 15.2. The fourth-order valence-electron chi connectivity index (χ4n) is 2.59. The molecule has 0 aliphatic carbocycles. The molecule has 6 nitrogen and oxygen atoms in total. The summed E-state index contributed by atoms with van der Waals surface area (Å²) in [5, 5.41) is 4.90. The predicted molar refractivity (Wildman–Crippen MR) is 81.9 cm³/mol. The smallest absolute Gasteiger partial charge is 0.236 e. The topological polar surface area (TPSA) is 65.5 Å². The van der Waals surface area contributed by atoms with Gasteiger partial charge in [-0.05, 0) is 19.9 Å². The van der Waals surface area contributed by atoms with Crippen molar-refractivity contribution >= 4 is 23.2 Å². The maximum absolute atomic E-state index is 12.3. The fourth-order valence-corrected chi connectivity index (χ4v) is 3.14. The average Bonchev–Trinajstić information content (AvgIpc) is 2.90. The van der Waals surface area contributed by atoms with Crippen LogP contribution in [-0.2, 0) is 16.1 Å². The van der Waals surface area contributed by atoms with Crippen LogP contribution >= 0.6 is 11.3 Å². The quantitative estimate of drug-likeness (QED) is 0.869. The van der Waals surface area contributed by atoms with Crippen molar-refractivity contribution in [3.05, 3.63) is 16.6 Å². The Morgan fingerprint density at radius 1 is 1.57 bits per heavy atom. The number of carbonyl (C=O) groups excluding carboxylic acids is 2. The third-order valence-corrected chi connectivity index (χ3v) is 4.14. The number of piperidine rings is 1. The Morgan fingerprint density at radius 3 is 3.05 bits per heavy atom. The second-order valence-electron chi connectivity index (χ2n) is 5.53. The highest BCUT2D eigenvalue weighted by Gasteiger charge is 2.24. The van der Waals surface area contributed by atoms with Gasteiger partial charge in [0.25, 0.3) is 0 Å². The Kier molecular flexibility index (Phi) is 5.69. The lowest BCUT2D eigenvalue weighted by atomic mass is 10.1. The van der Waals surface area contributed by atoms with Gasteiger partial charge in [-0.1, -0.05) is 0 Å². The molecule has 1 aliphatic heterocycles. The zero-order valence-corrected chi connectivity index (χ0v) is 13.4. The lowest BCUT2D eigenvalue weighted by molar-refractivity contribution is -0.134. The Labute approximate surface area is 129 Å². The van der Waals surface area contributed by atoms with Crippen LogP contribution in [0.25, 0.3) is 0 Å². The molecule has 1 fully saturated rings. The Bertz CT molecular complexity index is 477. The van der Waals surface area contributed by atoms with Crippen molar-refractivity contribution in [3.63, 3.8) is 0 Å². The summed E-state index contributed by atoms with van der Waals surface area (Å²) in [5.74, 6) is 0.0812. The highest BCUT2D eigenvalue weighted by Crippen LogP contribution is 2.11. The van der Waals surface area contributed by atoms with E-state index in [1.54, 1.807) is 16.8 Å². The van der Waals surface area contributed by atoms with Crippen LogP contribution in [0.5, 0.6) is 0 Å². The lowest BCUT2D eigenvalue weighted by Crippen LogP contribution is -2.51. The van der Waals surface area contributed by atoms with Gasteiger partial charge >= 0.3 is 0 Å². The molecule has 21 heavy (non-hydrogen) atoms. The Hall–Kier alpha value is -1.47. The fraction of sp³-hybridized carbons (Fsp3) is 0.643. The van der Waals surface area contributed by atoms with Crippen LogP contribution in [0, 0.1) is 0 Å². The number of aromatic nitrogens is 1. The Morgan fingerprint density at radius 2 is 2.38 bits per heavy atom. The van der Waals surface area contributed by atoms with E-state index in [0.29, 0.717) is 19.6 Å². The van der Waals surface area contributed by atoms with E-state index in [0.717, 1.165) is 25.1 Å². The van der Waals surface area contributed by atoms with Gasteiger partial charge in [-0.15, -0.1) is 11.3 Å². The van der Waals surface area contributed by atoms with E-state index in [1.807, 2.05) is 22.2 Å². The summed E-state index contributed by atoms with van der Waals surface area (Å²) in [5.41, 5.74) is 2.79. The Balaban J connectivity index is 1.80. The molecule has 1 aromatic heterocycles. The molecule has 1 N–H and O–H groups in total. The summed E-state index contributed by atoms with van der Waals surface area (Å²) in [7, 11) is 1.92. The van der Waals surface area contributed by atoms with E-state index >= 15 is 0 Å². The third kappa shape index (κ3) is 5.09. The van der Waals surface area contributed by atoms with Gasteiger partial charge in [-0.2, -0.15) is 0 Å². The number of hydrogen-bond acceptors (Lipinski definition) is 5. The molecule has 1 unspecified atom stereocenters. The first kappa shape index (κ1) is 15.9. The first-order chi connectivity index (χ1) is 10.0. The molecule has 0 bridgehead atoms. The van der Waals surface area contributed by atoms with E-state index in [1.165, 1.54) is 6.92 Å². The molecule has 1 aliphatic rings. The minimum atomic E-state index is -0.0325. The maximum atomic E-state index is 12.3. The van der Waals surface area contributed by atoms with E-state index in [4.69, 9.17) is 0 Å².